The van der Waals surface area contributed by atoms with Gasteiger partial charge >= 0.3 is 44.1 Å². The van der Waals surface area contributed by atoms with Crippen molar-refractivity contribution in [1.82, 2.24) is 39.7 Å². The lowest BCUT2D eigenvalue weighted by Crippen LogP contribution is -2.48. The molecule has 8 aliphatic rings. The van der Waals surface area contributed by atoms with Crippen molar-refractivity contribution in [1.29, 1.82) is 0 Å². The van der Waals surface area contributed by atoms with E-state index in [1.807, 2.05) is 99.2 Å². The van der Waals surface area contributed by atoms with Crippen LogP contribution < -0.4 is 45.1 Å². The fourth-order valence-corrected chi connectivity index (χ4v) is 23.2. The lowest BCUT2D eigenvalue weighted by atomic mass is 9.77. The number of rotatable bonds is 37. The second-order valence-electron chi connectivity index (χ2n) is 41.1. The predicted octanol–water partition coefficient (Wildman–Crippen LogP) is 21.2. The van der Waals surface area contributed by atoms with Gasteiger partial charge in [-0.1, -0.05) is 95.9 Å². The molecule has 8 fully saturated rings. The summed E-state index contributed by atoms with van der Waals surface area (Å²) in [6, 6.07) is 13.6. The average Bonchev–Trinajstić information content (AvgIpc) is 1.55. The molecule has 16 atom stereocenters. The van der Waals surface area contributed by atoms with E-state index >= 15 is 0 Å². The van der Waals surface area contributed by atoms with Gasteiger partial charge in [0.15, 0.2) is 32.4 Å². The highest BCUT2D eigenvalue weighted by atomic mass is 35.5. The number of aromatic amines is 1. The largest absolute Gasteiger partial charge is 0.488 e. The quantitative estimate of drug-likeness (QED) is 0.0104. The summed E-state index contributed by atoms with van der Waals surface area (Å²) in [4.78, 5) is 163. The number of H-pyrrole nitrogens is 1. The maximum atomic E-state index is 14.9. The molecule has 0 bridgehead atoms. The Morgan fingerprint density at radius 1 is 0.524 bits per heavy atom. The number of nitrogens with one attached hydrogen (secondary N) is 4. The molecule has 17 rings (SSSR count). The van der Waals surface area contributed by atoms with E-state index in [9.17, 15) is 48.3 Å². The molecule has 3 aromatic carbocycles. The van der Waals surface area contributed by atoms with E-state index in [0.29, 0.717) is 124 Å². The number of benzene rings is 3. The van der Waals surface area contributed by atoms with Crippen LogP contribution in [0.2, 0.25) is 15.1 Å². The number of Topliss-reactive ketones (excluding diaryl/α,β-unsaturated/α-hetero) is 2. The molecule has 2 aliphatic heterocycles. The molecule has 38 heteroatoms. The minimum atomic E-state index is -1.28. The van der Waals surface area contributed by atoms with E-state index in [2.05, 4.69) is 53.6 Å². The summed E-state index contributed by atoms with van der Waals surface area (Å²) in [7, 11) is 1.30. The zero-order valence-electron chi connectivity index (χ0n) is 81.5. The molecule has 143 heavy (non-hydrogen) atoms. The van der Waals surface area contributed by atoms with Crippen molar-refractivity contribution in [2.75, 3.05) is 56.3 Å². The van der Waals surface area contributed by atoms with Gasteiger partial charge in [-0.3, -0.25) is 57.7 Å². The summed E-state index contributed by atoms with van der Waals surface area (Å²) < 4.78 is 46.9. The Kier molecular flexibility index (Phi) is 33.0. The molecule has 6 saturated carbocycles. The van der Waals surface area contributed by atoms with Crippen LogP contribution in [-0.2, 0) is 52.6 Å². The number of carbonyl (C=O) groups excluding carboxylic acids is 7. The van der Waals surface area contributed by atoms with Gasteiger partial charge in [0.25, 0.3) is 0 Å². The van der Waals surface area contributed by atoms with Gasteiger partial charge in [0.1, 0.15) is 79.6 Å². The van der Waals surface area contributed by atoms with E-state index in [1.165, 1.54) is 69.8 Å². The van der Waals surface area contributed by atoms with Gasteiger partial charge in [-0.2, -0.15) is 0 Å². The second-order valence-corrected chi connectivity index (χ2v) is 44.8. The SMILES string of the molecule is C.[C-]#[N+]COc1ccc2c(=O)cc(-c3csc(NC(C)C)n3)[nH]c2c1Cl.[C-]#[N+]COc1ccc2c(O[C@@H]3C[C@@H](C(=O)C[C@]4(C(=O)O)C[C@H]4C=C)N(C(=O)[C@@H](CC(=O)OC4C[C@@H]5C[C@@H]5C4)C(C)(C)C)C3)cc(-c3csc(NC(C)C)n3)nc2c1Cl.[C-]#[N+]COc1ccc2c(O[C@@H]3C[C@@H](C(=O)C[C@]4(C(=O)OC)C[C@H]4C=C)N(C(=O)[C@@H](CC(=O)OC4C[C@@H]5C[C@@H]5C4)C(C)(C)C)C3)cc(-c3csc(NC(C)C)n3)nc2c1Cl. The zero-order valence-corrected chi connectivity index (χ0v) is 86.2. The normalized spacial score (nSPS) is 23.4. The Bertz CT molecular complexity index is 6570. The number of aromatic nitrogens is 6. The van der Waals surface area contributed by atoms with Crippen molar-refractivity contribution in [3.05, 3.63) is 156 Å². The summed E-state index contributed by atoms with van der Waals surface area (Å²) in [6.45, 7) is 51.8. The number of halogens is 3. The second kappa shape index (κ2) is 44.3. The third kappa shape index (κ3) is 24.3. The van der Waals surface area contributed by atoms with Gasteiger partial charge in [-0.15, -0.1) is 47.2 Å². The van der Waals surface area contributed by atoms with Crippen LogP contribution >= 0.6 is 68.8 Å². The number of ether oxygens (including phenoxy) is 8. The number of hydrogen-bond acceptors (Lipinski definition) is 28. The molecule has 2 amide bonds. The number of nitrogens with zero attached hydrogens (tertiary/aromatic N) is 10. The summed E-state index contributed by atoms with van der Waals surface area (Å²) in [5.74, 6) is -1.85. The van der Waals surface area contributed by atoms with E-state index < -0.39 is 81.7 Å². The maximum Gasteiger partial charge on any atom is 0.357 e. The number of pyridine rings is 3. The number of carboxylic acid groups (broad SMARTS) is 1. The number of amides is 2. The number of carbonyl (C=O) groups is 8. The summed E-state index contributed by atoms with van der Waals surface area (Å²) in [5.41, 5.74) is 0.669. The number of methoxy groups -OCH3 is 1. The highest BCUT2D eigenvalue weighted by molar-refractivity contribution is 7.14. The molecule has 0 spiro atoms. The minimum absolute atomic E-state index is 0. The van der Waals surface area contributed by atoms with Crippen LogP contribution in [0.15, 0.2) is 101 Å². The molecule has 32 nitrogen and oxygen atoms in total. The van der Waals surface area contributed by atoms with Gasteiger partial charge in [0.05, 0.1) is 107 Å². The van der Waals surface area contributed by atoms with Crippen molar-refractivity contribution in [2.24, 2.45) is 69.0 Å². The van der Waals surface area contributed by atoms with Crippen molar-refractivity contribution < 1.29 is 81.4 Å². The Balaban J connectivity index is 0.000000183. The molecule has 6 aromatic heterocycles. The number of hydrogen-bond donors (Lipinski definition) is 5. The summed E-state index contributed by atoms with van der Waals surface area (Å²) >= 11 is 24.4. The van der Waals surface area contributed by atoms with Crippen LogP contribution in [-0.4, -0.2) is 187 Å². The van der Waals surface area contributed by atoms with Gasteiger partial charge in [0.2, 0.25) is 11.8 Å². The van der Waals surface area contributed by atoms with E-state index in [0.717, 1.165) is 30.8 Å². The van der Waals surface area contributed by atoms with Crippen molar-refractivity contribution in [3.8, 4) is 62.9 Å². The number of anilines is 3. The Morgan fingerprint density at radius 2 is 0.902 bits per heavy atom. The minimum Gasteiger partial charge on any atom is -0.488 e. The van der Waals surface area contributed by atoms with Crippen LogP contribution in [0.3, 0.4) is 0 Å². The number of likely N-dealkylation sites (tertiary alicyclic amines) is 2. The van der Waals surface area contributed by atoms with Crippen molar-refractivity contribution >= 4 is 164 Å². The average molecular weight is 2070 g/mol. The monoisotopic (exact) mass is 2070 g/mol. The van der Waals surface area contributed by atoms with E-state index in [4.69, 9.17) is 112 Å². The van der Waals surface area contributed by atoms with Gasteiger partial charge in [0, 0.05) is 94.3 Å². The smallest absolute Gasteiger partial charge is 0.357 e. The Morgan fingerprint density at radius 3 is 1.27 bits per heavy atom. The van der Waals surface area contributed by atoms with Gasteiger partial charge in [-0.05, 0) is 176 Å². The van der Waals surface area contributed by atoms with Crippen LogP contribution in [0.25, 0.3) is 81.4 Å². The summed E-state index contributed by atoms with van der Waals surface area (Å²) in [5, 5.41) is 30.0. The Labute approximate surface area is 858 Å². The molecule has 6 aliphatic carbocycles. The van der Waals surface area contributed by atoms with Crippen LogP contribution in [0.1, 0.15) is 180 Å². The molecule has 758 valence electrons. The number of allylic oxidation sites excluding steroid dienone is 2. The van der Waals surface area contributed by atoms with Gasteiger partial charge < -0.3 is 73.7 Å². The van der Waals surface area contributed by atoms with Crippen LogP contribution in [0, 0.1) is 88.7 Å². The fourth-order valence-electron chi connectivity index (χ4n) is 19.9. The number of aliphatic carboxylic acids is 1. The molecule has 8 heterocycles. The van der Waals surface area contributed by atoms with E-state index in [1.54, 1.807) is 60.7 Å². The lowest BCUT2D eigenvalue weighted by molar-refractivity contribution is -0.157. The molecular weight excluding hydrogens is 1950 g/mol. The van der Waals surface area contributed by atoms with Crippen molar-refractivity contribution in [3.63, 3.8) is 0 Å². The van der Waals surface area contributed by atoms with Gasteiger partial charge in [-0.25, -0.2) is 44.6 Å². The highest BCUT2D eigenvalue weighted by Crippen LogP contribution is 2.60. The van der Waals surface area contributed by atoms with Crippen LogP contribution in [0.5, 0.6) is 28.7 Å². The lowest BCUT2D eigenvalue weighted by Gasteiger charge is -2.35. The first kappa shape index (κ1) is 107. The zero-order chi connectivity index (χ0) is 102. The number of fused-ring (bicyclic) bond motifs is 5. The standard InChI is InChI=1S/C44H52ClN5O8S.C43H50ClN5O8S.C17H15ClN4O2S.CH4/c1-9-26-18-44(26,41(54)55-8)19-34(51)33-15-28(20-50(33)40(53)30(43(4,5)6)16-37(52)58-27-13-24-12-25(24)14-27)57-36-17-31(32-21-59-42(49-32)47-23(2)3)48-39-29(36)10-11-35(38(39)45)56-22-46-7;1-8-25-17-43(25,40(53)54)18-33(50)32-14-27(19-49(32)39(52)29(42(4,5)6)15-36(51)57-26-12-23-11-24(23)13-26)56-35-16-30(31-20-58-41(48-31)46-22(2)3)47-38-28(35)9-10-34(37(38)44)55-21-45-7;1-9(2)20-17-22-12(7-25-17)11-6-13(23)10-4-5-14(24-8-19-3)15(18)16(10)21-11;/h9-11,17,21,23-28,30,33H,1,12-16,18-20,22H2,2-6,8H3,(H,47,49);8-10,16,20,22-27,29,32H,1,11-15,17-19,21H2,2-6H3,(H,46,48)(H,53,54);4-7,9H,8H2,1-2H3,(H,20,22)(H,21,23);1H4/t24-,25+,26-,27?,28-,30-,33+,44-;23-,24+,25-,26?,27-,29-,32+,43-;;/m11../s1. The molecular formula is C105H121Cl3N14O18S3. The summed E-state index contributed by atoms with van der Waals surface area (Å²) in [6.07, 6.45) is 7.65. The molecule has 2 saturated heterocycles. The molecule has 9 aromatic rings. The molecule has 5 N–H and O–H groups in total. The Hall–Kier alpha value is -12.0. The number of ketones is 2. The predicted molar refractivity (Wildman–Crippen MR) is 552 cm³/mol. The first-order valence-corrected chi connectivity index (χ1v) is 51.5. The van der Waals surface area contributed by atoms with Crippen LogP contribution in [0.4, 0.5) is 15.4 Å². The number of thiazole rings is 3. The first-order valence-electron chi connectivity index (χ1n) is 47.7. The number of esters is 3. The fraction of sp³-hybridized carbons (Fsp3) is 0.514. The topological polar surface area (TPSA) is 384 Å². The third-order valence-corrected chi connectivity index (χ3v) is 31.1. The third-order valence-electron chi connectivity index (χ3n) is 27.7. The first-order chi connectivity index (χ1) is 67.5. The van der Waals surface area contributed by atoms with Crippen molar-refractivity contribution in [2.45, 2.75) is 235 Å². The van der Waals surface area contributed by atoms with E-state index in [-0.39, 0.29) is 183 Å². The molecule has 2 unspecified atom stereocenters. The molecule has 0 radical (unpaired) electrons. The highest BCUT2D eigenvalue weighted by Gasteiger charge is 2.63. The number of carboxylic acids is 1. The maximum absolute atomic E-state index is 14.9.